The molecule has 2 atom stereocenters. The van der Waals surface area contributed by atoms with E-state index in [1.54, 1.807) is 54.9 Å². The molecule has 2 N–H and O–H groups in total. The minimum Gasteiger partial charge on any atom is -0.326 e. The summed E-state index contributed by atoms with van der Waals surface area (Å²) in [5, 5.41) is 5.11. The van der Waals surface area contributed by atoms with Crippen LogP contribution in [-0.4, -0.2) is 24.3 Å². The van der Waals surface area contributed by atoms with E-state index in [0.29, 0.717) is 0 Å². The Kier molecular flexibility index (Phi) is 5.30. The Balaban J connectivity index is 1.25. The van der Waals surface area contributed by atoms with Gasteiger partial charge in [-0.05, 0) is 72.2 Å². The van der Waals surface area contributed by atoms with E-state index in [2.05, 4.69) is 20.0 Å². The van der Waals surface area contributed by atoms with Crippen molar-refractivity contribution < 1.29 is 13.2 Å². The number of hydrogen-bond donors (Lipinski definition) is 2. The first-order valence-electron chi connectivity index (χ1n) is 10.6. The predicted octanol–water partition coefficient (Wildman–Crippen LogP) is 4.48. The molecule has 0 spiro atoms. The molecule has 1 aliphatic carbocycles. The van der Waals surface area contributed by atoms with E-state index in [1.807, 2.05) is 25.1 Å². The Hall–Kier alpha value is -3.78. The molecule has 1 amide bonds. The van der Waals surface area contributed by atoms with Gasteiger partial charge in [-0.3, -0.25) is 14.5 Å². The van der Waals surface area contributed by atoms with Crippen LogP contribution in [0.2, 0.25) is 0 Å². The van der Waals surface area contributed by atoms with Gasteiger partial charge in [0.25, 0.3) is 10.0 Å². The fourth-order valence-corrected chi connectivity index (χ4v) is 5.00. The molecule has 8 heteroatoms. The Labute approximate surface area is 192 Å². The molecule has 0 radical (unpaired) electrons. The Morgan fingerprint density at radius 1 is 1.03 bits per heavy atom. The number of pyridine rings is 2. The Morgan fingerprint density at radius 3 is 2.61 bits per heavy atom. The molecule has 0 bridgehead atoms. The summed E-state index contributed by atoms with van der Waals surface area (Å²) in [6, 6.07) is 17.5. The normalized spacial score (nSPS) is 17.5. The van der Waals surface area contributed by atoms with Crippen molar-refractivity contribution in [3.05, 3.63) is 90.4 Å². The van der Waals surface area contributed by atoms with Gasteiger partial charge in [0.2, 0.25) is 5.91 Å². The van der Waals surface area contributed by atoms with Crippen molar-refractivity contribution in [2.24, 2.45) is 5.92 Å². The second-order valence-electron chi connectivity index (χ2n) is 8.22. The summed E-state index contributed by atoms with van der Waals surface area (Å²) in [5.74, 6) is 0.186. The number of anilines is 2. The van der Waals surface area contributed by atoms with Crippen LogP contribution in [0.25, 0.3) is 10.8 Å². The maximum absolute atomic E-state index is 12.8. The molecule has 1 fully saturated rings. The summed E-state index contributed by atoms with van der Waals surface area (Å²) >= 11 is 0. The topological polar surface area (TPSA) is 101 Å². The lowest BCUT2D eigenvalue weighted by Gasteiger charge is -2.09. The van der Waals surface area contributed by atoms with Crippen LogP contribution in [0.3, 0.4) is 0 Å². The highest BCUT2D eigenvalue weighted by atomic mass is 32.2. The van der Waals surface area contributed by atoms with Crippen molar-refractivity contribution in [2.75, 3.05) is 10.0 Å². The zero-order valence-electron chi connectivity index (χ0n) is 17.9. The minimum atomic E-state index is -3.72. The van der Waals surface area contributed by atoms with Gasteiger partial charge in [0, 0.05) is 35.6 Å². The van der Waals surface area contributed by atoms with Crippen LogP contribution >= 0.6 is 0 Å². The van der Waals surface area contributed by atoms with E-state index in [0.717, 1.165) is 34.0 Å². The standard InChI is InChI=1S/C25H22N4O3S/c1-16-14-26-15-18-5-8-19(12-21(16)18)28-25(30)23-13-22(23)17-6-9-20(10-7-17)33(31,32)29-24-4-2-3-11-27-24/h2-12,14-15,22-23H,13H2,1H3,(H,27,29)(H,28,30)/t22-,23-/m1/s1. The van der Waals surface area contributed by atoms with Gasteiger partial charge in [-0.25, -0.2) is 13.4 Å². The minimum absolute atomic E-state index is 0.0282. The number of aryl methyl sites for hydroxylation is 1. The number of fused-ring (bicyclic) bond motifs is 1. The molecule has 33 heavy (non-hydrogen) atoms. The van der Waals surface area contributed by atoms with Crippen LogP contribution in [0, 0.1) is 12.8 Å². The predicted molar refractivity (Wildman–Crippen MR) is 127 cm³/mol. The number of hydrogen-bond acceptors (Lipinski definition) is 5. The number of amides is 1. The summed E-state index contributed by atoms with van der Waals surface area (Å²) in [7, 11) is -3.72. The number of benzene rings is 2. The molecule has 166 valence electrons. The molecule has 7 nitrogen and oxygen atoms in total. The Morgan fingerprint density at radius 2 is 1.85 bits per heavy atom. The van der Waals surface area contributed by atoms with Crippen molar-refractivity contribution in [2.45, 2.75) is 24.2 Å². The molecule has 0 saturated heterocycles. The number of rotatable bonds is 6. The molecule has 2 aromatic carbocycles. The van der Waals surface area contributed by atoms with Gasteiger partial charge in [-0.15, -0.1) is 0 Å². The fourth-order valence-electron chi connectivity index (χ4n) is 3.99. The quantitative estimate of drug-likeness (QED) is 0.444. The summed E-state index contributed by atoms with van der Waals surface area (Å²) < 4.78 is 27.6. The van der Waals surface area contributed by atoms with Crippen LogP contribution in [0.1, 0.15) is 23.5 Å². The number of nitrogens with zero attached hydrogens (tertiary/aromatic N) is 2. The number of carbonyl (C=O) groups excluding carboxylic acids is 1. The van der Waals surface area contributed by atoms with Gasteiger partial charge in [0.1, 0.15) is 5.82 Å². The second-order valence-corrected chi connectivity index (χ2v) is 9.90. The van der Waals surface area contributed by atoms with Crippen molar-refractivity contribution >= 4 is 38.2 Å². The highest BCUT2D eigenvalue weighted by Gasteiger charge is 2.44. The van der Waals surface area contributed by atoms with E-state index in [-0.39, 0.29) is 28.5 Å². The number of nitrogens with one attached hydrogen (secondary N) is 2. The smallest absolute Gasteiger partial charge is 0.263 e. The van der Waals surface area contributed by atoms with Gasteiger partial charge < -0.3 is 5.32 Å². The molecule has 2 aromatic heterocycles. The Bertz CT molecular complexity index is 1440. The zero-order valence-corrected chi connectivity index (χ0v) is 18.7. The lowest BCUT2D eigenvalue weighted by Crippen LogP contribution is -2.15. The first-order valence-corrected chi connectivity index (χ1v) is 12.1. The third-order valence-corrected chi connectivity index (χ3v) is 7.25. The monoisotopic (exact) mass is 458 g/mol. The summed E-state index contributed by atoms with van der Waals surface area (Å²) in [6.07, 6.45) is 5.87. The third-order valence-electron chi connectivity index (χ3n) is 5.88. The largest absolute Gasteiger partial charge is 0.326 e. The molecule has 0 aliphatic heterocycles. The van der Waals surface area contributed by atoms with Gasteiger partial charge in [0.05, 0.1) is 4.90 Å². The fraction of sp³-hybridized carbons (Fsp3) is 0.160. The van der Waals surface area contributed by atoms with Crippen LogP contribution in [0.4, 0.5) is 11.5 Å². The number of aromatic nitrogens is 2. The molecule has 2 heterocycles. The highest BCUT2D eigenvalue weighted by Crippen LogP contribution is 2.48. The van der Waals surface area contributed by atoms with Crippen molar-refractivity contribution in [3.8, 4) is 0 Å². The maximum atomic E-state index is 12.8. The van der Waals surface area contributed by atoms with Gasteiger partial charge >= 0.3 is 0 Å². The second kappa shape index (κ2) is 8.29. The number of sulfonamides is 1. The van der Waals surface area contributed by atoms with Crippen LogP contribution in [-0.2, 0) is 14.8 Å². The molecular formula is C25H22N4O3S. The third kappa shape index (κ3) is 4.42. The lowest BCUT2D eigenvalue weighted by atomic mass is 10.1. The average molecular weight is 459 g/mol. The zero-order chi connectivity index (χ0) is 23.0. The maximum Gasteiger partial charge on any atom is 0.263 e. The van der Waals surface area contributed by atoms with Gasteiger partial charge in [-0.1, -0.05) is 24.3 Å². The molecule has 4 aromatic rings. The first-order chi connectivity index (χ1) is 15.9. The molecular weight excluding hydrogens is 436 g/mol. The summed E-state index contributed by atoms with van der Waals surface area (Å²) in [6.45, 7) is 1.99. The molecule has 1 saturated carbocycles. The van der Waals surface area contributed by atoms with Crippen LogP contribution in [0.5, 0.6) is 0 Å². The van der Waals surface area contributed by atoms with E-state index >= 15 is 0 Å². The first kappa shape index (κ1) is 21.1. The van der Waals surface area contributed by atoms with Crippen molar-refractivity contribution in [1.82, 2.24) is 9.97 Å². The van der Waals surface area contributed by atoms with Crippen molar-refractivity contribution in [3.63, 3.8) is 0 Å². The summed E-state index contributed by atoms with van der Waals surface area (Å²) in [5.41, 5.74) is 2.77. The van der Waals surface area contributed by atoms with Gasteiger partial charge in [0.15, 0.2) is 0 Å². The molecule has 0 unspecified atom stereocenters. The molecule has 5 rings (SSSR count). The van der Waals surface area contributed by atoms with Crippen molar-refractivity contribution in [1.29, 1.82) is 0 Å². The van der Waals surface area contributed by atoms with E-state index < -0.39 is 10.0 Å². The van der Waals surface area contributed by atoms with E-state index in [1.165, 1.54) is 6.20 Å². The number of carbonyl (C=O) groups is 1. The van der Waals surface area contributed by atoms with E-state index in [9.17, 15) is 13.2 Å². The van der Waals surface area contributed by atoms with Gasteiger partial charge in [-0.2, -0.15) is 0 Å². The molecule has 1 aliphatic rings. The average Bonchev–Trinajstić information content (AvgIpc) is 3.61. The lowest BCUT2D eigenvalue weighted by molar-refractivity contribution is -0.117. The SMILES string of the molecule is Cc1cncc2ccc(NC(=O)[C@@H]3C[C@@H]3c3ccc(S(=O)(=O)Nc4ccccn4)cc3)cc12. The van der Waals surface area contributed by atoms with E-state index in [4.69, 9.17) is 0 Å². The van der Waals surface area contributed by atoms with Crippen LogP contribution in [0.15, 0.2) is 84.1 Å². The highest BCUT2D eigenvalue weighted by molar-refractivity contribution is 7.92. The summed E-state index contributed by atoms with van der Waals surface area (Å²) in [4.78, 5) is 21.1. The van der Waals surface area contributed by atoms with Crippen LogP contribution < -0.4 is 10.0 Å².